The quantitative estimate of drug-likeness (QED) is 0.0484. The largest absolute Gasteiger partial charge is 0.480 e. The number of aliphatic hydroxyl groups is 3. The number of hydrogen-bond donors (Lipinski definition) is 12. The van der Waals surface area contributed by atoms with Gasteiger partial charge in [0.15, 0.2) is 6.04 Å². The van der Waals surface area contributed by atoms with E-state index in [9.17, 15) is 58.8 Å². The SMILES string of the molecule is CC[C@H](C)[C@H](NC(=O)[C@@H]1CCCN1)C(=O)N[C@@H](CO)C(=O)N[C@H](C(=O)N[C@H](C(=O)N[C@@H](C)C(=O)N[C@@H](CC(C)C)C(=O)N[C@H](C(=O)O)[C@@H](C)O)[C@@H](C)O)C(C)C. The fourth-order valence-corrected chi connectivity index (χ4v) is 5.77. The van der Waals surface area contributed by atoms with Crippen LogP contribution in [-0.2, 0) is 38.4 Å². The first-order valence-corrected chi connectivity index (χ1v) is 19.1. The molecule has 56 heavy (non-hydrogen) atoms. The van der Waals surface area contributed by atoms with Gasteiger partial charge in [-0.05, 0) is 64.3 Å². The summed E-state index contributed by atoms with van der Waals surface area (Å²) in [6.07, 6.45) is -0.949. The van der Waals surface area contributed by atoms with Crippen molar-refractivity contribution in [1.82, 2.24) is 42.5 Å². The van der Waals surface area contributed by atoms with Crippen LogP contribution in [0.1, 0.15) is 88.0 Å². The number of aliphatic hydroxyl groups excluding tert-OH is 3. The molecule has 20 heteroatoms. The van der Waals surface area contributed by atoms with Gasteiger partial charge in [0.2, 0.25) is 41.4 Å². The number of nitrogens with one attached hydrogen (secondary N) is 8. The Morgan fingerprint density at radius 1 is 0.625 bits per heavy atom. The highest BCUT2D eigenvalue weighted by Gasteiger charge is 2.37. The number of aliphatic carboxylic acids is 1. The number of rotatable bonds is 23. The number of carbonyl (C=O) groups excluding carboxylic acids is 7. The minimum absolute atomic E-state index is 0.0764. The lowest BCUT2D eigenvalue weighted by atomic mass is 9.97. The molecular formula is C36H64N8O12. The Morgan fingerprint density at radius 2 is 1.12 bits per heavy atom. The molecule has 0 aromatic heterocycles. The molecule has 1 heterocycles. The number of carboxylic acid groups (broad SMARTS) is 1. The zero-order chi connectivity index (χ0) is 43.0. The smallest absolute Gasteiger partial charge is 0.328 e. The highest BCUT2D eigenvalue weighted by Crippen LogP contribution is 2.12. The van der Waals surface area contributed by atoms with Crippen LogP contribution in [-0.4, -0.2) is 141 Å². The maximum Gasteiger partial charge on any atom is 0.328 e. The van der Waals surface area contributed by atoms with E-state index in [2.05, 4.69) is 42.5 Å². The Labute approximate surface area is 327 Å². The minimum Gasteiger partial charge on any atom is -0.480 e. The number of hydrogen-bond acceptors (Lipinski definition) is 12. The van der Waals surface area contributed by atoms with Crippen LogP contribution in [0.3, 0.4) is 0 Å². The molecule has 1 rings (SSSR count). The maximum absolute atomic E-state index is 13.5. The predicted molar refractivity (Wildman–Crippen MR) is 202 cm³/mol. The fourth-order valence-electron chi connectivity index (χ4n) is 5.77. The Balaban J connectivity index is 3.04. The monoisotopic (exact) mass is 800 g/mol. The Kier molecular flexibility index (Phi) is 20.9. The van der Waals surface area contributed by atoms with E-state index >= 15 is 0 Å². The van der Waals surface area contributed by atoms with Crippen molar-refractivity contribution < 1.29 is 58.8 Å². The van der Waals surface area contributed by atoms with Gasteiger partial charge >= 0.3 is 5.97 Å². The van der Waals surface area contributed by atoms with E-state index in [1.807, 2.05) is 6.92 Å². The van der Waals surface area contributed by atoms with Gasteiger partial charge in [-0.25, -0.2) is 4.79 Å². The summed E-state index contributed by atoms with van der Waals surface area (Å²) in [6, 6.07) is -10.2. The molecule has 1 aliphatic heterocycles. The highest BCUT2D eigenvalue weighted by atomic mass is 16.4. The van der Waals surface area contributed by atoms with E-state index in [1.54, 1.807) is 34.6 Å². The fraction of sp³-hybridized carbons (Fsp3) is 0.778. The topological polar surface area (TPSA) is 314 Å². The molecule has 0 aromatic rings. The van der Waals surface area contributed by atoms with E-state index in [0.717, 1.165) is 6.42 Å². The zero-order valence-corrected chi connectivity index (χ0v) is 33.8. The second-order valence-electron chi connectivity index (χ2n) is 15.2. The number of amides is 7. The van der Waals surface area contributed by atoms with Crippen molar-refractivity contribution in [3.8, 4) is 0 Å². The second-order valence-corrected chi connectivity index (χ2v) is 15.2. The summed E-state index contributed by atoms with van der Waals surface area (Å²) in [5, 5.41) is 59.7. The molecule has 1 aliphatic rings. The third kappa shape index (κ3) is 15.6. The van der Waals surface area contributed by atoms with Gasteiger partial charge in [-0.15, -0.1) is 0 Å². The average molecular weight is 801 g/mol. The maximum atomic E-state index is 13.5. The Bertz CT molecular complexity index is 1370. The van der Waals surface area contributed by atoms with Crippen LogP contribution in [0.2, 0.25) is 0 Å². The van der Waals surface area contributed by atoms with Crippen LogP contribution in [0.25, 0.3) is 0 Å². The molecular weight excluding hydrogens is 736 g/mol. The van der Waals surface area contributed by atoms with Crippen molar-refractivity contribution in [2.45, 2.75) is 149 Å². The van der Waals surface area contributed by atoms with E-state index in [1.165, 1.54) is 20.8 Å². The summed E-state index contributed by atoms with van der Waals surface area (Å²) in [6.45, 7) is 13.7. The lowest BCUT2D eigenvalue weighted by molar-refractivity contribution is -0.145. The van der Waals surface area contributed by atoms with Crippen molar-refractivity contribution >= 4 is 47.3 Å². The third-order valence-electron chi connectivity index (χ3n) is 9.43. The van der Waals surface area contributed by atoms with Gasteiger partial charge < -0.3 is 63.0 Å². The van der Waals surface area contributed by atoms with E-state index in [0.29, 0.717) is 19.4 Å². The van der Waals surface area contributed by atoms with Crippen LogP contribution in [0.15, 0.2) is 0 Å². The van der Waals surface area contributed by atoms with Gasteiger partial charge in [-0.3, -0.25) is 33.6 Å². The van der Waals surface area contributed by atoms with Gasteiger partial charge in [0.05, 0.1) is 24.9 Å². The van der Waals surface area contributed by atoms with Crippen LogP contribution < -0.4 is 42.5 Å². The van der Waals surface area contributed by atoms with Gasteiger partial charge in [-0.2, -0.15) is 0 Å². The first kappa shape index (κ1) is 49.6. The normalized spacial score (nSPS) is 19.4. The molecule has 0 radical (unpaired) electrons. The predicted octanol–water partition coefficient (Wildman–Crippen LogP) is -3.26. The summed E-state index contributed by atoms with van der Waals surface area (Å²) in [7, 11) is 0. The first-order chi connectivity index (χ1) is 26.0. The molecule has 0 unspecified atom stereocenters. The molecule has 0 bridgehead atoms. The van der Waals surface area contributed by atoms with Crippen molar-refractivity contribution in [2.24, 2.45) is 17.8 Å². The van der Waals surface area contributed by atoms with Crippen molar-refractivity contribution in [2.75, 3.05) is 13.2 Å². The molecule has 1 saturated heterocycles. The summed E-state index contributed by atoms with van der Waals surface area (Å²) >= 11 is 0. The zero-order valence-electron chi connectivity index (χ0n) is 33.8. The Hall–Kier alpha value is -4.40. The highest BCUT2D eigenvalue weighted by molar-refractivity contribution is 5.97. The lowest BCUT2D eigenvalue weighted by Crippen LogP contribution is -2.63. The van der Waals surface area contributed by atoms with E-state index in [-0.39, 0.29) is 24.2 Å². The van der Waals surface area contributed by atoms with E-state index in [4.69, 9.17) is 0 Å². The van der Waals surface area contributed by atoms with Crippen LogP contribution in [0.5, 0.6) is 0 Å². The molecule has 1 fully saturated rings. The number of carboxylic acids is 1. The summed E-state index contributed by atoms with van der Waals surface area (Å²) < 4.78 is 0. The summed E-state index contributed by atoms with van der Waals surface area (Å²) in [4.78, 5) is 104. The standard InChI is InChI=1S/C36H64N8O12/c1-10-18(6)26(42-30(49)22-12-11-13-37-22)34(53)40-24(15-45)32(51)41-25(17(4)5)33(52)43-27(20(8)46)35(54)38-19(7)29(48)39-23(14-16(2)3)31(50)44-28(21(9)47)36(55)56/h16-28,37,45-47H,10-15H2,1-9H3,(H,38,54)(H,39,48)(H,40,53)(H,41,51)(H,42,49)(H,43,52)(H,44,50)(H,55,56)/t18-,19-,20+,21+,22-,23-,24-,25-,26-,27-,28-/m0/s1. The van der Waals surface area contributed by atoms with Gasteiger partial charge in [0.1, 0.15) is 36.3 Å². The molecule has 320 valence electrons. The minimum atomic E-state index is -1.64. The summed E-state index contributed by atoms with van der Waals surface area (Å²) in [5.41, 5.74) is 0. The number of carbonyl (C=O) groups is 8. The van der Waals surface area contributed by atoms with Crippen molar-refractivity contribution in [3.63, 3.8) is 0 Å². The van der Waals surface area contributed by atoms with Crippen LogP contribution in [0.4, 0.5) is 0 Å². The molecule has 20 nitrogen and oxygen atoms in total. The van der Waals surface area contributed by atoms with Crippen molar-refractivity contribution in [3.05, 3.63) is 0 Å². The van der Waals surface area contributed by atoms with Crippen molar-refractivity contribution in [1.29, 1.82) is 0 Å². The Morgan fingerprint density at radius 3 is 1.59 bits per heavy atom. The third-order valence-corrected chi connectivity index (χ3v) is 9.43. The van der Waals surface area contributed by atoms with Crippen LogP contribution >= 0.6 is 0 Å². The van der Waals surface area contributed by atoms with Gasteiger partial charge in [-0.1, -0.05) is 48.0 Å². The molecule has 0 saturated carbocycles. The average Bonchev–Trinajstić information content (AvgIpc) is 3.66. The summed E-state index contributed by atoms with van der Waals surface area (Å²) in [5.74, 6) is -8.23. The lowest BCUT2D eigenvalue weighted by Gasteiger charge is -2.29. The van der Waals surface area contributed by atoms with Gasteiger partial charge in [0, 0.05) is 0 Å². The molecule has 11 atom stereocenters. The molecule has 7 amide bonds. The molecule has 12 N–H and O–H groups in total. The second kappa shape index (κ2) is 23.6. The molecule has 0 aromatic carbocycles. The van der Waals surface area contributed by atoms with E-state index < -0.39 is 114 Å². The van der Waals surface area contributed by atoms with Crippen LogP contribution in [0, 0.1) is 17.8 Å². The van der Waals surface area contributed by atoms with Gasteiger partial charge in [0.25, 0.3) is 0 Å². The first-order valence-electron chi connectivity index (χ1n) is 19.1. The molecule has 0 aliphatic carbocycles. The molecule has 0 spiro atoms.